The number of aliphatic imine (C=N–C) groups is 1. The van der Waals surface area contributed by atoms with Gasteiger partial charge in [-0.2, -0.15) is 0 Å². The number of benzene rings is 2. The van der Waals surface area contributed by atoms with Crippen molar-refractivity contribution in [2.75, 3.05) is 33.9 Å². The molecule has 6 nitrogen and oxygen atoms in total. The summed E-state index contributed by atoms with van der Waals surface area (Å²) in [5.74, 6) is 2.40. The van der Waals surface area contributed by atoms with Gasteiger partial charge in [0.05, 0.1) is 13.2 Å². The first-order valence-electron chi connectivity index (χ1n) is 10.6. The Labute approximate surface area is 203 Å². The first-order chi connectivity index (χ1) is 14.7. The van der Waals surface area contributed by atoms with Crippen LogP contribution in [-0.2, 0) is 17.9 Å². The van der Waals surface area contributed by atoms with E-state index < -0.39 is 0 Å². The largest absolute Gasteiger partial charge is 0.493 e. The third-order valence-corrected chi connectivity index (χ3v) is 5.27. The highest BCUT2D eigenvalue weighted by Crippen LogP contribution is 2.29. The number of hydrogen-bond donors (Lipinski definition) is 1. The molecule has 1 N–H and O–H groups in total. The highest BCUT2D eigenvalue weighted by atomic mass is 127. The Kier molecular flexibility index (Phi) is 10.9. The second-order valence-corrected chi connectivity index (χ2v) is 7.30. The summed E-state index contributed by atoms with van der Waals surface area (Å²) >= 11 is 0. The molecule has 1 aliphatic heterocycles. The Morgan fingerprint density at radius 2 is 1.81 bits per heavy atom. The average molecular weight is 539 g/mol. The smallest absolute Gasteiger partial charge is 0.193 e. The van der Waals surface area contributed by atoms with Crippen LogP contribution in [0.5, 0.6) is 11.5 Å². The zero-order valence-electron chi connectivity index (χ0n) is 18.7. The van der Waals surface area contributed by atoms with E-state index in [0.717, 1.165) is 61.1 Å². The van der Waals surface area contributed by atoms with E-state index in [-0.39, 0.29) is 24.0 Å². The second kappa shape index (κ2) is 13.4. The minimum absolute atomic E-state index is 0. The molecule has 2 aromatic rings. The molecule has 0 bridgehead atoms. The Morgan fingerprint density at radius 3 is 2.45 bits per heavy atom. The van der Waals surface area contributed by atoms with Crippen LogP contribution in [0.25, 0.3) is 0 Å². The van der Waals surface area contributed by atoms with E-state index in [1.165, 1.54) is 0 Å². The van der Waals surface area contributed by atoms with Crippen molar-refractivity contribution < 1.29 is 14.2 Å². The van der Waals surface area contributed by atoms with Gasteiger partial charge in [-0.3, -0.25) is 4.99 Å². The number of guanidine groups is 1. The van der Waals surface area contributed by atoms with Crippen molar-refractivity contribution in [2.45, 2.75) is 39.0 Å². The van der Waals surface area contributed by atoms with E-state index in [9.17, 15) is 0 Å². The lowest BCUT2D eigenvalue weighted by Gasteiger charge is -2.34. The van der Waals surface area contributed by atoms with Gasteiger partial charge in [-0.15, -0.1) is 24.0 Å². The van der Waals surface area contributed by atoms with Gasteiger partial charge in [0.15, 0.2) is 17.5 Å². The van der Waals surface area contributed by atoms with E-state index in [1.54, 1.807) is 7.11 Å². The molecule has 7 heteroatoms. The fraction of sp³-hybridized carbons (Fsp3) is 0.458. The third-order valence-electron chi connectivity index (χ3n) is 5.27. The lowest BCUT2D eigenvalue weighted by molar-refractivity contribution is 0.0263. The number of nitrogens with one attached hydrogen (secondary N) is 1. The first kappa shape index (κ1) is 25.3. The topological polar surface area (TPSA) is 55.3 Å². The van der Waals surface area contributed by atoms with E-state index in [2.05, 4.69) is 28.2 Å². The SMILES string of the molecule is CCOC1CCN(C(=NC)NCc2ccc(OCc3ccccc3)c(OC)c2)CC1.I. The van der Waals surface area contributed by atoms with Gasteiger partial charge in [-0.05, 0) is 43.0 Å². The molecule has 1 aliphatic rings. The van der Waals surface area contributed by atoms with Gasteiger partial charge in [0.25, 0.3) is 0 Å². The van der Waals surface area contributed by atoms with Crippen molar-refractivity contribution >= 4 is 29.9 Å². The van der Waals surface area contributed by atoms with Crippen molar-refractivity contribution in [3.05, 3.63) is 59.7 Å². The molecule has 0 unspecified atom stereocenters. The van der Waals surface area contributed by atoms with E-state index in [4.69, 9.17) is 14.2 Å². The summed E-state index contributed by atoms with van der Waals surface area (Å²) < 4.78 is 17.2. The molecule has 1 saturated heterocycles. The molecule has 0 amide bonds. The molecule has 0 aromatic heterocycles. The number of likely N-dealkylation sites (tertiary alicyclic amines) is 1. The van der Waals surface area contributed by atoms with E-state index >= 15 is 0 Å². The van der Waals surface area contributed by atoms with Gasteiger partial charge < -0.3 is 24.4 Å². The lowest BCUT2D eigenvalue weighted by Crippen LogP contribution is -2.46. The van der Waals surface area contributed by atoms with Crippen LogP contribution < -0.4 is 14.8 Å². The third kappa shape index (κ3) is 7.57. The number of piperidine rings is 1. The molecule has 1 fully saturated rings. The summed E-state index contributed by atoms with van der Waals surface area (Å²) in [5, 5.41) is 3.47. The fourth-order valence-electron chi connectivity index (χ4n) is 3.66. The standard InChI is InChI=1S/C24H33N3O3.HI/c1-4-29-21-12-14-27(15-13-21)24(25-2)26-17-20-10-11-22(23(16-20)28-3)30-18-19-8-6-5-7-9-19;/h5-11,16,21H,4,12-15,17-18H2,1-3H3,(H,25,26);1H. The van der Waals surface area contributed by atoms with Gasteiger partial charge >= 0.3 is 0 Å². The number of hydrogen-bond acceptors (Lipinski definition) is 4. The molecule has 31 heavy (non-hydrogen) atoms. The number of nitrogens with zero attached hydrogens (tertiary/aromatic N) is 2. The predicted molar refractivity (Wildman–Crippen MR) is 136 cm³/mol. The number of halogens is 1. The summed E-state index contributed by atoms with van der Waals surface area (Å²) in [6, 6.07) is 16.2. The Morgan fingerprint density at radius 1 is 1.06 bits per heavy atom. The minimum Gasteiger partial charge on any atom is -0.493 e. The Bertz CT molecular complexity index is 809. The van der Waals surface area contributed by atoms with Crippen LogP contribution in [0.4, 0.5) is 0 Å². The maximum atomic E-state index is 5.95. The van der Waals surface area contributed by atoms with Crippen LogP contribution in [0.3, 0.4) is 0 Å². The van der Waals surface area contributed by atoms with Crippen LogP contribution >= 0.6 is 24.0 Å². The van der Waals surface area contributed by atoms with Gasteiger partial charge in [0, 0.05) is 33.3 Å². The molecular weight excluding hydrogens is 505 g/mol. The summed E-state index contributed by atoms with van der Waals surface area (Å²) in [7, 11) is 3.50. The number of methoxy groups -OCH3 is 1. The second-order valence-electron chi connectivity index (χ2n) is 7.30. The molecule has 3 rings (SSSR count). The lowest BCUT2D eigenvalue weighted by atomic mass is 10.1. The van der Waals surface area contributed by atoms with Crippen molar-refractivity contribution in [3.8, 4) is 11.5 Å². The molecule has 0 spiro atoms. The molecule has 0 atom stereocenters. The van der Waals surface area contributed by atoms with Crippen molar-refractivity contribution in [1.29, 1.82) is 0 Å². The van der Waals surface area contributed by atoms with Crippen LogP contribution in [0.15, 0.2) is 53.5 Å². The highest BCUT2D eigenvalue weighted by molar-refractivity contribution is 14.0. The predicted octanol–water partition coefficient (Wildman–Crippen LogP) is 4.47. The number of rotatable bonds is 8. The van der Waals surface area contributed by atoms with Gasteiger partial charge in [0.1, 0.15) is 6.61 Å². The Balaban J connectivity index is 0.00000341. The minimum atomic E-state index is 0. The molecule has 0 aliphatic carbocycles. The Hall–Kier alpha value is -2.00. The maximum Gasteiger partial charge on any atom is 0.193 e. The van der Waals surface area contributed by atoms with Crippen molar-refractivity contribution in [3.63, 3.8) is 0 Å². The zero-order valence-corrected chi connectivity index (χ0v) is 21.0. The van der Waals surface area contributed by atoms with Crippen molar-refractivity contribution in [2.24, 2.45) is 4.99 Å². The zero-order chi connectivity index (χ0) is 21.2. The van der Waals surface area contributed by atoms with Gasteiger partial charge in [0.2, 0.25) is 0 Å². The van der Waals surface area contributed by atoms with Crippen LogP contribution in [0.2, 0.25) is 0 Å². The molecular formula is C24H34IN3O3. The van der Waals surface area contributed by atoms with Crippen LogP contribution in [0, 0.1) is 0 Å². The average Bonchev–Trinajstić information content (AvgIpc) is 2.80. The molecule has 2 aromatic carbocycles. The van der Waals surface area contributed by atoms with Crippen LogP contribution in [-0.4, -0.2) is 50.8 Å². The summed E-state index contributed by atoms with van der Waals surface area (Å²) in [6.07, 6.45) is 2.45. The number of ether oxygens (including phenoxy) is 3. The quantitative estimate of drug-likeness (QED) is 0.305. The van der Waals surface area contributed by atoms with Gasteiger partial charge in [-0.1, -0.05) is 36.4 Å². The normalized spacial score (nSPS) is 14.7. The first-order valence-corrected chi connectivity index (χ1v) is 10.6. The van der Waals surface area contributed by atoms with E-state index in [1.807, 2.05) is 49.5 Å². The summed E-state index contributed by atoms with van der Waals surface area (Å²) in [6.45, 7) is 5.94. The fourth-order valence-corrected chi connectivity index (χ4v) is 3.66. The molecule has 170 valence electrons. The summed E-state index contributed by atoms with van der Waals surface area (Å²) in [5.41, 5.74) is 2.24. The summed E-state index contributed by atoms with van der Waals surface area (Å²) in [4.78, 5) is 6.75. The molecule has 0 saturated carbocycles. The van der Waals surface area contributed by atoms with Crippen LogP contribution in [0.1, 0.15) is 30.9 Å². The molecule has 1 heterocycles. The van der Waals surface area contributed by atoms with Gasteiger partial charge in [-0.25, -0.2) is 0 Å². The highest BCUT2D eigenvalue weighted by Gasteiger charge is 2.21. The van der Waals surface area contributed by atoms with Crippen molar-refractivity contribution in [1.82, 2.24) is 10.2 Å². The molecule has 0 radical (unpaired) electrons. The maximum absolute atomic E-state index is 5.95. The monoisotopic (exact) mass is 539 g/mol. The van der Waals surface area contributed by atoms with E-state index in [0.29, 0.717) is 19.3 Å².